The lowest BCUT2D eigenvalue weighted by atomic mass is 9.51. The highest BCUT2D eigenvalue weighted by molar-refractivity contribution is 5.61. The van der Waals surface area contributed by atoms with Gasteiger partial charge in [0.1, 0.15) is 6.10 Å². The number of aliphatic hydroxyl groups excluding tert-OH is 1. The van der Waals surface area contributed by atoms with Crippen molar-refractivity contribution in [3.63, 3.8) is 0 Å². The second kappa shape index (κ2) is 14.2. The first kappa shape index (κ1) is 32.4. The zero-order chi connectivity index (χ0) is 32.5. The Kier molecular flexibility index (Phi) is 9.55. The number of benzene rings is 3. The first-order chi connectivity index (χ1) is 23.7. The monoisotopic (exact) mass is 648 g/mol. The molecule has 0 aromatic heterocycles. The molecule has 2 heterocycles. The lowest BCUT2D eigenvalue weighted by Crippen LogP contribution is -2.69. The van der Waals surface area contributed by atoms with Crippen molar-refractivity contribution in [2.45, 2.75) is 113 Å². The van der Waals surface area contributed by atoms with Crippen LogP contribution in [0.25, 0.3) is 0 Å². The molecule has 3 aromatic carbocycles. The van der Waals surface area contributed by atoms with Gasteiger partial charge in [0, 0.05) is 35.5 Å². The van der Waals surface area contributed by atoms with E-state index in [1.165, 1.54) is 80.0 Å². The highest BCUT2D eigenvalue weighted by atomic mass is 16.5. The first-order valence-electron chi connectivity index (χ1n) is 19.3. The molecule has 7 atom stereocenters. The highest BCUT2D eigenvalue weighted by Gasteiger charge is 2.66. The maximum absolute atomic E-state index is 10.2. The van der Waals surface area contributed by atoms with E-state index in [1.807, 2.05) is 7.11 Å². The van der Waals surface area contributed by atoms with Crippen molar-refractivity contribution in [3.8, 4) is 11.5 Å². The second-order valence-corrected chi connectivity index (χ2v) is 15.7. The summed E-state index contributed by atoms with van der Waals surface area (Å²) < 4.78 is 13.3. The van der Waals surface area contributed by atoms with Gasteiger partial charge < -0.3 is 14.6 Å². The SMILES string of the molecule is COc1ccc2c3c1O[C@H]1[C@@H](N(CCCCCCc4ccccc4)CCCCc4ccccc4)CC[C@H]4[C@@H](C2)N(CC2CC2O)CC[C@@]341. The van der Waals surface area contributed by atoms with E-state index in [4.69, 9.17) is 9.47 Å². The molecule has 48 heavy (non-hydrogen) atoms. The summed E-state index contributed by atoms with van der Waals surface area (Å²) in [5.74, 6) is 3.07. The van der Waals surface area contributed by atoms with Crippen molar-refractivity contribution in [1.82, 2.24) is 9.80 Å². The lowest BCUT2D eigenvalue weighted by Gasteiger charge is -2.60. The maximum Gasteiger partial charge on any atom is 0.165 e. The molecule has 3 aliphatic carbocycles. The summed E-state index contributed by atoms with van der Waals surface area (Å²) >= 11 is 0. The number of likely N-dealkylation sites (tertiary alicyclic amines) is 1. The van der Waals surface area contributed by atoms with Gasteiger partial charge in [-0.05, 0) is 119 Å². The number of unbranched alkanes of at least 4 members (excludes halogenated alkanes) is 4. The topological polar surface area (TPSA) is 45.2 Å². The van der Waals surface area contributed by atoms with Crippen molar-refractivity contribution in [2.75, 3.05) is 33.3 Å². The van der Waals surface area contributed by atoms with Crippen molar-refractivity contribution in [3.05, 3.63) is 95.1 Å². The minimum Gasteiger partial charge on any atom is -0.493 e. The number of methoxy groups -OCH3 is 1. The third-order valence-electron chi connectivity index (χ3n) is 12.9. The Hall–Kier alpha value is -2.86. The molecule has 8 rings (SSSR count). The standard InChI is InChI=1S/C43H56N2O3/c1-47-39-23-20-33-28-37-35-21-22-36(42-43(35,40(33)41(39)48-42)24-27-45(37)30-34-29-38(34)46)44(26-13-11-19-32-17-9-5-10-18-32)25-12-3-2-6-14-31-15-7-4-8-16-31/h4-5,7-10,15-18,20,23,34-38,42,46H,2-3,6,11-14,19,21-22,24-30H2,1H3/t34?,35-,36-,37+,38?,42-,43-/m0/s1. The number of aryl methyl sites for hydroxylation is 2. The van der Waals surface area contributed by atoms with Crippen LogP contribution in [0.5, 0.6) is 11.5 Å². The van der Waals surface area contributed by atoms with Gasteiger partial charge >= 0.3 is 0 Å². The molecule has 256 valence electrons. The van der Waals surface area contributed by atoms with Crippen LogP contribution < -0.4 is 9.47 Å². The molecule has 0 radical (unpaired) electrons. The third kappa shape index (κ3) is 6.20. The lowest BCUT2D eigenvalue weighted by molar-refractivity contribution is -0.0902. The quantitative estimate of drug-likeness (QED) is 0.162. The molecule has 1 N–H and O–H groups in total. The van der Waals surface area contributed by atoms with Crippen LogP contribution >= 0.6 is 0 Å². The molecule has 2 saturated carbocycles. The second-order valence-electron chi connectivity index (χ2n) is 15.7. The molecule has 5 nitrogen and oxygen atoms in total. The van der Waals surface area contributed by atoms with Crippen LogP contribution in [0.2, 0.25) is 0 Å². The van der Waals surface area contributed by atoms with Crippen LogP contribution in [-0.4, -0.2) is 72.5 Å². The molecule has 2 unspecified atom stereocenters. The summed E-state index contributed by atoms with van der Waals surface area (Å²) in [6.07, 6.45) is 15.8. The van der Waals surface area contributed by atoms with Crippen LogP contribution in [0.1, 0.15) is 86.5 Å². The van der Waals surface area contributed by atoms with Gasteiger partial charge in [-0.2, -0.15) is 0 Å². The smallest absolute Gasteiger partial charge is 0.165 e. The Morgan fingerprint density at radius 2 is 1.52 bits per heavy atom. The minimum absolute atomic E-state index is 0.0711. The molecular formula is C43H56N2O3. The van der Waals surface area contributed by atoms with Crippen molar-refractivity contribution < 1.29 is 14.6 Å². The average Bonchev–Trinajstić information content (AvgIpc) is 3.70. The first-order valence-corrected chi connectivity index (χ1v) is 19.3. The summed E-state index contributed by atoms with van der Waals surface area (Å²) in [6, 6.07) is 27.5. The van der Waals surface area contributed by atoms with E-state index in [0.717, 1.165) is 63.4 Å². The summed E-state index contributed by atoms with van der Waals surface area (Å²) in [5, 5.41) is 10.2. The largest absolute Gasteiger partial charge is 0.493 e. The molecule has 3 aromatic rings. The minimum atomic E-state index is -0.0836. The summed E-state index contributed by atoms with van der Waals surface area (Å²) in [4.78, 5) is 5.66. The van der Waals surface area contributed by atoms with E-state index in [0.29, 0.717) is 23.9 Å². The average molecular weight is 649 g/mol. The normalized spacial score (nSPS) is 29.8. The number of piperidine rings is 1. The number of rotatable bonds is 16. The van der Waals surface area contributed by atoms with Gasteiger partial charge in [0.25, 0.3) is 0 Å². The molecule has 2 aliphatic heterocycles. The molecule has 3 fully saturated rings. The van der Waals surface area contributed by atoms with Gasteiger partial charge in [-0.3, -0.25) is 9.80 Å². The van der Waals surface area contributed by atoms with E-state index in [2.05, 4.69) is 82.6 Å². The Balaban J connectivity index is 1.01. The molecule has 1 spiro atoms. The number of aliphatic hydroxyl groups is 1. The van der Waals surface area contributed by atoms with E-state index < -0.39 is 0 Å². The molecule has 2 bridgehead atoms. The number of hydrogen-bond donors (Lipinski definition) is 1. The summed E-state index contributed by atoms with van der Waals surface area (Å²) in [5.41, 5.74) is 5.99. The number of hydrogen-bond acceptors (Lipinski definition) is 5. The molecule has 0 amide bonds. The Bertz CT molecular complexity index is 1510. The fourth-order valence-corrected chi connectivity index (χ4v) is 10.5. The Labute approximate surface area is 288 Å². The van der Waals surface area contributed by atoms with Gasteiger partial charge in [0.15, 0.2) is 11.5 Å². The van der Waals surface area contributed by atoms with Crippen molar-refractivity contribution in [2.24, 2.45) is 11.8 Å². The zero-order valence-corrected chi connectivity index (χ0v) is 29.1. The Morgan fingerprint density at radius 1 is 0.854 bits per heavy atom. The highest BCUT2D eigenvalue weighted by Crippen LogP contribution is 2.64. The summed E-state index contributed by atoms with van der Waals surface area (Å²) in [6.45, 7) is 4.49. The van der Waals surface area contributed by atoms with Crippen LogP contribution in [0.4, 0.5) is 0 Å². The summed E-state index contributed by atoms with van der Waals surface area (Å²) in [7, 11) is 1.81. The Morgan fingerprint density at radius 3 is 2.21 bits per heavy atom. The molecular weight excluding hydrogens is 592 g/mol. The van der Waals surface area contributed by atoms with Gasteiger partial charge in [0.2, 0.25) is 0 Å². The van der Waals surface area contributed by atoms with E-state index in [9.17, 15) is 5.11 Å². The fraction of sp³-hybridized carbons (Fsp3) is 0.581. The van der Waals surface area contributed by atoms with Crippen LogP contribution in [0, 0.1) is 11.8 Å². The predicted octanol–water partition coefficient (Wildman–Crippen LogP) is 7.61. The fourth-order valence-electron chi connectivity index (χ4n) is 10.5. The van der Waals surface area contributed by atoms with E-state index in [-0.39, 0.29) is 17.6 Å². The zero-order valence-electron chi connectivity index (χ0n) is 29.1. The van der Waals surface area contributed by atoms with E-state index >= 15 is 0 Å². The van der Waals surface area contributed by atoms with Gasteiger partial charge in [-0.15, -0.1) is 0 Å². The third-order valence-corrected chi connectivity index (χ3v) is 12.9. The van der Waals surface area contributed by atoms with Gasteiger partial charge in [-0.1, -0.05) is 79.6 Å². The van der Waals surface area contributed by atoms with Crippen LogP contribution in [-0.2, 0) is 24.7 Å². The van der Waals surface area contributed by atoms with E-state index in [1.54, 1.807) is 0 Å². The van der Waals surface area contributed by atoms with Crippen LogP contribution in [0.15, 0.2) is 72.8 Å². The molecule has 5 heteroatoms. The predicted molar refractivity (Wildman–Crippen MR) is 193 cm³/mol. The number of nitrogens with zero attached hydrogens (tertiary/aromatic N) is 2. The molecule has 5 aliphatic rings. The van der Waals surface area contributed by atoms with Crippen LogP contribution in [0.3, 0.4) is 0 Å². The number of ether oxygens (including phenoxy) is 2. The van der Waals surface area contributed by atoms with Crippen molar-refractivity contribution in [1.29, 1.82) is 0 Å². The van der Waals surface area contributed by atoms with Gasteiger partial charge in [0.05, 0.1) is 13.2 Å². The molecule has 1 saturated heterocycles. The van der Waals surface area contributed by atoms with Crippen molar-refractivity contribution >= 4 is 0 Å². The van der Waals surface area contributed by atoms with Gasteiger partial charge in [-0.25, -0.2) is 0 Å². The maximum atomic E-state index is 10.2.